The number of benzene rings is 2. The van der Waals surface area contributed by atoms with Crippen LogP contribution in [0.25, 0.3) is 0 Å². The minimum Gasteiger partial charge on any atom is -0.481 e. The van der Waals surface area contributed by atoms with Gasteiger partial charge in [0.15, 0.2) is 0 Å². The number of rotatable bonds is 10. The number of imide groups is 1. The summed E-state index contributed by atoms with van der Waals surface area (Å²) in [5.74, 6) is 0.521. The maximum Gasteiger partial charge on any atom is 0.321 e. The van der Waals surface area contributed by atoms with E-state index in [4.69, 9.17) is 26.2 Å². The Labute approximate surface area is 231 Å². The van der Waals surface area contributed by atoms with Crippen LogP contribution in [-0.4, -0.2) is 60.9 Å². The second-order valence-electron chi connectivity index (χ2n) is 7.52. The molecule has 1 heterocycles. The maximum absolute atomic E-state index is 10.8. The first-order valence-corrected chi connectivity index (χ1v) is 11.8. The summed E-state index contributed by atoms with van der Waals surface area (Å²) in [5.41, 5.74) is 1.70. The molecule has 0 fully saturated rings. The number of aliphatic carboxylic acids is 1. The van der Waals surface area contributed by atoms with Gasteiger partial charge in [0, 0.05) is 18.1 Å². The molecule has 2 aromatic carbocycles. The third-order valence-electron chi connectivity index (χ3n) is 4.56. The van der Waals surface area contributed by atoms with Crippen molar-refractivity contribution in [2.24, 2.45) is 10.9 Å². The predicted molar refractivity (Wildman–Crippen MR) is 148 cm³/mol. The number of aromatic nitrogens is 2. The number of carboxylic acid groups (broad SMARTS) is 1. The average Bonchev–Trinajstić information content (AvgIpc) is 2.94. The summed E-state index contributed by atoms with van der Waals surface area (Å²) in [6.45, 7) is 6.00. The zero-order valence-corrected chi connectivity index (χ0v) is 22.5. The van der Waals surface area contributed by atoms with Crippen LogP contribution in [0.4, 0.5) is 10.5 Å². The van der Waals surface area contributed by atoms with E-state index in [0.717, 1.165) is 11.3 Å². The van der Waals surface area contributed by atoms with Crippen molar-refractivity contribution < 1.29 is 29.0 Å². The molecular weight excluding hydrogens is 528 g/mol. The van der Waals surface area contributed by atoms with Gasteiger partial charge in [0.25, 0.3) is 0 Å². The van der Waals surface area contributed by atoms with Crippen molar-refractivity contribution in [3.63, 3.8) is 0 Å². The largest absolute Gasteiger partial charge is 0.481 e. The second kappa shape index (κ2) is 18.7. The van der Waals surface area contributed by atoms with Crippen LogP contribution in [-0.2, 0) is 16.1 Å². The molecule has 0 aliphatic carbocycles. The van der Waals surface area contributed by atoms with Gasteiger partial charge >= 0.3 is 12.0 Å². The van der Waals surface area contributed by atoms with Gasteiger partial charge in [0.1, 0.15) is 12.1 Å². The summed E-state index contributed by atoms with van der Waals surface area (Å²) in [6, 6.07) is 15.3. The van der Waals surface area contributed by atoms with Gasteiger partial charge < -0.3 is 25.2 Å². The average molecular weight is 559 g/mol. The van der Waals surface area contributed by atoms with Gasteiger partial charge in [-0.05, 0) is 55.7 Å². The summed E-state index contributed by atoms with van der Waals surface area (Å²) < 4.78 is 10.5. The van der Waals surface area contributed by atoms with Crippen molar-refractivity contribution in [1.82, 2.24) is 25.9 Å². The number of nitrogens with one attached hydrogen (secondary N) is 3. The fourth-order valence-corrected chi connectivity index (χ4v) is 2.64. The minimum absolute atomic E-state index is 0.278. The Morgan fingerprint density at radius 3 is 2.28 bits per heavy atom. The minimum atomic E-state index is -0.751. The highest BCUT2D eigenvalue weighted by Gasteiger charge is 2.07. The number of urea groups is 1. The van der Waals surface area contributed by atoms with Gasteiger partial charge in [-0.1, -0.05) is 30.7 Å². The van der Waals surface area contributed by atoms with Crippen LogP contribution in [0.15, 0.2) is 65.9 Å². The van der Waals surface area contributed by atoms with E-state index in [0.29, 0.717) is 42.0 Å². The Bertz CT molecular complexity index is 1180. The predicted octanol–water partition coefficient (Wildman–Crippen LogP) is 3.83. The van der Waals surface area contributed by atoms with E-state index in [1.165, 1.54) is 13.4 Å². The van der Waals surface area contributed by atoms with E-state index < -0.39 is 12.0 Å². The fourth-order valence-electron chi connectivity index (χ4n) is 2.51. The van der Waals surface area contributed by atoms with Gasteiger partial charge in [0.2, 0.25) is 18.2 Å². The van der Waals surface area contributed by atoms with Gasteiger partial charge in [-0.15, -0.1) is 0 Å². The van der Waals surface area contributed by atoms with Crippen LogP contribution in [0.1, 0.15) is 12.5 Å². The molecule has 4 N–H and O–H groups in total. The van der Waals surface area contributed by atoms with Crippen molar-refractivity contribution in [2.75, 3.05) is 20.7 Å². The number of aliphatic imine (C=N–C) groups is 1. The molecule has 0 unspecified atom stereocenters. The highest BCUT2D eigenvalue weighted by Crippen LogP contribution is 2.23. The van der Waals surface area contributed by atoms with Crippen LogP contribution < -0.4 is 25.4 Å². The van der Waals surface area contributed by atoms with Crippen molar-refractivity contribution in [1.29, 1.82) is 0 Å². The number of amides is 3. The van der Waals surface area contributed by atoms with E-state index in [9.17, 15) is 14.4 Å². The highest BCUT2D eigenvalue weighted by molar-refractivity contribution is 6.30. The quantitative estimate of drug-likeness (QED) is 0.214. The molecule has 1 atom stereocenters. The molecule has 0 bridgehead atoms. The number of ether oxygens (including phenoxy) is 2. The molecule has 13 heteroatoms. The highest BCUT2D eigenvalue weighted by atomic mass is 35.5. The lowest BCUT2D eigenvalue weighted by Gasteiger charge is -2.05. The summed E-state index contributed by atoms with van der Waals surface area (Å²) in [7, 11) is 3.27. The zero-order chi connectivity index (χ0) is 29.0. The lowest BCUT2D eigenvalue weighted by atomic mass is 10.2. The van der Waals surface area contributed by atoms with Crippen LogP contribution in [0.5, 0.6) is 17.5 Å². The fraction of sp³-hybridized carbons (Fsp3) is 0.231. The molecule has 3 amide bonds. The van der Waals surface area contributed by atoms with Crippen molar-refractivity contribution in [3.05, 3.63) is 71.5 Å². The Morgan fingerprint density at radius 1 is 1.13 bits per heavy atom. The number of carbonyl (C=O) groups excluding carboxylic acids is 2. The van der Waals surface area contributed by atoms with Crippen LogP contribution in [0.2, 0.25) is 5.02 Å². The maximum atomic E-state index is 10.8. The Morgan fingerprint density at radius 2 is 1.77 bits per heavy atom. The zero-order valence-electron chi connectivity index (χ0n) is 21.8. The first-order valence-electron chi connectivity index (χ1n) is 11.4. The standard InChI is InChI=1S/C12H11N3O2.C9H9ClN2O2.C5H11NO2/c1-13-9-3-5-10(6-4-9)17-12-7-11(16-2)14-8-15-12;10-8-3-1-7(2-4-8)5-11-9(14)12-6-13;1-4(3-6-2)5(7)8/h3-8H,1H2,2H3;1-4,6H,5H2,(H2,11,12,13,14);4,6H,3H2,1-2H3,(H,7,8)/t;;4-/m..0/s1. The molecule has 1 aromatic heterocycles. The lowest BCUT2D eigenvalue weighted by molar-refractivity contribution is -0.140. The smallest absolute Gasteiger partial charge is 0.321 e. The lowest BCUT2D eigenvalue weighted by Crippen LogP contribution is -2.33. The molecular formula is C26H31ClN6O6. The Balaban J connectivity index is 0.000000313. The first kappa shape index (κ1) is 32.5. The van der Waals surface area contributed by atoms with Gasteiger partial charge in [-0.3, -0.25) is 19.9 Å². The molecule has 0 saturated heterocycles. The van der Waals surface area contributed by atoms with Crippen LogP contribution in [0, 0.1) is 5.92 Å². The number of hydrogen-bond acceptors (Lipinski definition) is 9. The summed E-state index contributed by atoms with van der Waals surface area (Å²) >= 11 is 5.68. The normalized spacial score (nSPS) is 10.3. The second-order valence-corrected chi connectivity index (χ2v) is 7.96. The summed E-state index contributed by atoms with van der Waals surface area (Å²) in [4.78, 5) is 42.4. The van der Waals surface area contributed by atoms with E-state index in [2.05, 4.69) is 32.3 Å². The van der Waals surface area contributed by atoms with E-state index in [1.54, 1.807) is 68.6 Å². The van der Waals surface area contributed by atoms with E-state index in [1.807, 2.05) is 5.32 Å². The van der Waals surface area contributed by atoms with Crippen LogP contribution >= 0.6 is 11.6 Å². The topological polar surface area (TPSA) is 164 Å². The van der Waals surface area contributed by atoms with Gasteiger partial charge in [-0.2, -0.15) is 0 Å². The van der Waals surface area contributed by atoms with Crippen molar-refractivity contribution in [2.45, 2.75) is 13.5 Å². The molecule has 0 saturated carbocycles. The summed E-state index contributed by atoms with van der Waals surface area (Å²) in [6.07, 6.45) is 1.71. The first-order chi connectivity index (χ1) is 18.7. The summed E-state index contributed by atoms with van der Waals surface area (Å²) in [5, 5.41) is 16.2. The molecule has 208 valence electrons. The van der Waals surface area contributed by atoms with Gasteiger partial charge in [-0.25, -0.2) is 14.8 Å². The third-order valence-corrected chi connectivity index (χ3v) is 4.81. The number of halogens is 1. The Kier molecular flexibility index (Phi) is 15.5. The van der Waals surface area contributed by atoms with Crippen molar-refractivity contribution in [3.8, 4) is 17.5 Å². The number of carboxylic acids is 1. The molecule has 0 spiro atoms. The van der Waals surface area contributed by atoms with Gasteiger partial charge in [0.05, 0.1) is 24.8 Å². The number of carbonyl (C=O) groups is 3. The monoisotopic (exact) mass is 558 g/mol. The molecule has 0 aliphatic heterocycles. The van der Waals surface area contributed by atoms with Crippen molar-refractivity contribution >= 4 is 42.4 Å². The SMILES string of the molecule is C=Nc1ccc(Oc2cc(OC)ncn2)cc1.CNC[C@H](C)C(=O)O.O=CNC(=O)NCc1ccc(Cl)cc1. The van der Waals surface area contributed by atoms with Crippen LogP contribution in [0.3, 0.4) is 0 Å². The molecule has 12 nitrogen and oxygen atoms in total. The Hall–Kier alpha value is -4.55. The molecule has 0 aliphatic rings. The van der Waals surface area contributed by atoms with E-state index in [-0.39, 0.29) is 5.92 Å². The molecule has 3 rings (SSSR count). The van der Waals surface area contributed by atoms with E-state index >= 15 is 0 Å². The molecule has 39 heavy (non-hydrogen) atoms. The molecule has 0 radical (unpaired) electrons. The number of methoxy groups -OCH3 is 1. The number of nitrogens with zero attached hydrogens (tertiary/aromatic N) is 3. The third kappa shape index (κ3) is 14.1. The number of hydrogen-bond donors (Lipinski definition) is 4. The molecule has 3 aromatic rings.